The third-order valence-electron chi connectivity index (χ3n) is 0. The van der Waals surface area contributed by atoms with E-state index in [1.54, 1.807) is 0 Å². The van der Waals surface area contributed by atoms with E-state index in [1.807, 2.05) is 0 Å². The van der Waals surface area contributed by atoms with Gasteiger partial charge in [-0.2, -0.15) is 0 Å². The van der Waals surface area contributed by atoms with Crippen LogP contribution in [0.3, 0.4) is 0 Å². The molecule has 0 atom stereocenters. The summed E-state index contributed by atoms with van der Waals surface area (Å²) in [6.45, 7) is 0. The second-order valence-electron chi connectivity index (χ2n) is 0.600. The number of rotatable bonds is 0. The molecule has 0 bridgehead atoms. The summed E-state index contributed by atoms with van der Waals surface area (Å²) in [5.41, 5.74) is 0. The SMILES string of the molecule is F.O[Si](O)(O)O.[AlH3].[H-].[H-].[K+].[Li+].[Mn]. The van der Waals surface area contributed by atoms with Gasteiger partial charge in [0.1, 0.15) is 0 Å². The Morgan fingerprint density at radius 2 is 1.00 bits per heavy atom. The van der Waals surface area contributed by atoms with Gasteiger partial charge in [-0.25, -0.2) is 0 Å². The van der Waals surface area contributed by atoms with Crippen molar-refractivity contribution in [3.63, 3.8) is 0 Å². The molecule has 57 valence electrons. The molecule has 0 aromatic rings. The van der Waals surface area contributed by atoms with E-state index in [2.05, 4.69) is 0 Å². The first-order valence-corrected chi connectivity index (χ1v) is 2.68. The zero-order chi connectivity index (χ0) is 4.50. The van der Waals surface area contributed by atoms with E-state index in [1.165, 1.54) is 0 Å². The van der Waals surface area contributed by atoms with Crippen molar-refractivity contribution in [3.8, 4) is 0 Å². The molecule has 0 amide bonds. The average molecular weight is 249 g/mol. The largest absolute Gasteiger partial charge is 1.00 e. The second kappa shape index (κ2) is 18.1. The Bertz CT molecular complexity index is 48.5. The molecule has 0 aromatic heterocycles. The summed E-state index contributed by atoms with van der Waals surface area (Å²) in [6.07, 6.45) is 0. The van der Waals surface area contributed by atoms with Gasteiger partial charge in [0.15, 0.2) is 17.4 Å². The summed E-state index contributed by atoms with van der Waals surface area (Å²) in [6, 6.07) is 0. The van der Waals surface area contributed by atoms with E-state index in [9.17, 15) is 0 Å². The van der Waals surface area contributed by atoms with Crippen LogP contribution in [0.5, 0.6) is 0 Å². The Morgan fingerprint density at radius 3 is 1.00 bits per heavy atom. The van der Waals surface area contributed by atoms with Crippen LogP contribution in [0.15, 0.2) is 0 Å². The molecular formula is H10AlFKLiMnO4Si. The molecule has 0 aromatic carbocycles. The first-order valence-electron chi connectivity index (χ1n) is 0.894. The molecule has 0 saturated heterocycles. The van der Waals surface area contributed by atoms with Crippen molar-refractivity contribution >= 4 is 26.4 Å². The maximum Gasteiger partial charge on any atom is 1.00 e. The van der Waals surface area contributed by atoms with E-state index in [-0.39, 0.29) is 112 Å². The van der Waals surface area contributed by atoms with Crippen LogP contribution in [-0.2, 0) is 17.1 Å². The van der Waals surface area contributed by atoms with Gasteiger partial charge in [-0.05, 0) is 0 Å². The van der Waals surface area contributed by atoms with Crippen molar-refractivity contribution in [2.45, 2.75) is 0 Å². The van der Waals surface area contributed by atoms with E-state index >= 15 is 0 Å². The van der Waals surface area contributed by atoms with Gasteiger partial charge in [0.25, 0.3) is 0 Å². The summed E-state index contributed by atoms with van der Waals surface area (Å²) in [5, 5.41) is 0. The third-order valence-corrected chi connectivity index (χ3v) is 0. The molecule has 0 aliphatic heterocycles. The van der Waals surface area contributed by atoms with Crippen LogP contribution in [0.2, 0.25) is 0 Å². The first kappa shape index (κ1) is 37.8. The van der Waals surface area contributed by atoms with E-state index in [0.29, 0.717) is 0 Å². The standard InChI is InChI=1S/Al.FH.K.Li.Mn.H4O4Si.5H/c;;;;;1-5(2,3)4;;;;;/h;1H;;;;1-4H;;;;;/q;;2*+1;;;;;;2*-1. The maximum atomic E-state index is 7.33. The van der Waals surface area contributed by atoms with Gasteiger partial charge in [0.2, 0.25) is 0 Å². The molecule has 1 radical (unpaired) electrons. The molecule has 10 heteroatoms. The Morgan fingerprint density at radius 1 is 1.00 bits per heavy atom. The van der Waals surface area contributed by atoms with Crippen LogP contribution >= 0.6 is 0 Å². The number of hydrogen-bond donors (Lipinski definition) is 4. The van der Waals surface area contributed by atoms with Crippen LogP contribution < -0.4 is 70.2 Å². The topological polar surface area (TPSA) is 80.9 Å². The minimum absolute atomic E-state index is 0. The molecule has 4 nitrogen and oxygen atoms in total. The molecule has 10 heavy (non-hydrogen) atoms. The quantitative estimate of drug-likeness (QED) is 0.321. The fourth-order valence-corrected chi connectivity index (χ4v) is 0. The molecule has 0 unspecified atom stereocenters. The van der Waals surface area contributed by atoms with E-state index < -0.39 is 9.05 Å². The van der Waals surface area contributed by atoms with Gasteiger partial charge in [-0.1, -0.05) is 0 Å². The minimum Gasteiger partial charge on any atom is -1.00 e. The van der Waals surface area contributed by atoms with Crippen LogP contribution in [-0.4, -0.2) is 45.6 Å². The van der Waals surface area contributed by atoms with E-state index in [4.69, 9.17) is 19.2 Å². The summed E-state index contributed by atoms with van der Waals surface area (Å²) in [4.78, 5) is 29.3. The Hall–Kier alpha value is 3.27. The predicted octanol–water partition coefficient (Wildman–Crippen LogP) is -9.41. The fraction of sp³-hybridized carbons (Fsp3) is 0. The van der Waals surface area contributed by atoms with Gasteiger partial charge < -0.3 is 22.0 Å². The summed E-state index contributed by atoms with van der Waals surface area (Å²) in [7, 11) is -4.61. The molecule has 0 aliphatic rings. The fourth-order valence-electron chi connectivity index (χ4n) is 0. The van der Waals surface area contributed by atoms with E-state index in [0.717, 1.165) is 0 Å². The molecule has 0 saturated carbocycles. The minimum atomic E-state index is -4.61. The molecular weight excluding hydrogens is 239 g/mol. The van der Waals surface area contributed by atoms with Crippen molar-refractivity contribution in [2.24, 2.45) is 0 Å². The van der Waals surface area contributed by atoms with Gasteiger partial charge in [-0.15, -0.1) is 0 Å². The smallest absolute Gasteiger partial charge is 1.00 e. The number of hydrogen-bond acceptors (Lipinski definition) is 4. The molecule has 0 rings (SSSR count). The molecule has 0 heterocycles. The van der Waals surface area contributed by atoms with Gasteiger partial charge in [-0.3, -0.25) is 4.70 Å². The van der Waals surface area contributed by atoms with Crippen LogP contribution in [0.1, 0.15) is 2.85 Å². The van der Waals surface area contributed by atoms with Crippen molar-refractivity contribution < 1.29 is 114 Å². The molecule has 4 N–H and O–H groups in total. The van der Waals surface area contributed by atoms with Gasteiger partial charge in [0, 0.05) is 17.1 Å². The van der Waals surface area contributed by atoms with Crippen LogP contribution in [0, 0.1) is 0 Å². The zero-order valence-corrected chi connectivity index (χ0v) is 10.4. The monoisotopic (exact) mass is 249 g/mol. The third kappa shape index (κ3) is 111. The van der Waals surface area contributed by atoms with Crippen molar-refractivity contribution in [2.75, 3.05) is 0 Å². The molecule has 0 spiro atoms. The maximum absolute atomic E-state index is 7.33. The zero-order valence-electron chi connectivity index (χ0n) is 7.08. The normalized spacial score (nSPS) is 6.00. The van der Waals surface area contributed by atoms with Gasteiger partial charge >= 0.3 is 79.3 Å². The number of halogens is 1. The average Bonchev–Trinajstić information content (AvgIpc) is 0.722. The summed E-state index contributed by atoms with van der Waals surface area (Å²) >= 11 is 0. The predicted molar refractivity (Wildman–Crippen MR) is 29.3 cm³/mol. The van der Waals surface area contributed by atoms with Crippen molar-refractivity contribution in [1.29, 1.82) is 0 Å². The Labute approximate surface area is 138 Å². The molecule has 0 fully saturated rings. The first-order chi connectivity index (χ1) is 2.00. The molecule has 0 aliphatic carbocycles. The van der Waals surface area contributed by atoms with Crippen LogP contribution in [0.4, 0.5) is 4.70 Å². The summed E-state index contributed by atoms with van der Waals surface area (Å²) in [5.74, 6) is 0. The van der Waals surface area contributed by atoms with Crippen molar-refractivity contribution in [3.05, 3.63) is 0 Å². The van der Waals surface area contributed by atoms with Crippen LogP contribution in [0.25, 0.3) is 0 Å². The van der Waals surface area contributed by atoms with Gasteiger partial charge in [0.05, 0.1) is 0 Å². The Balaban J connectivity index is -0.00000000381. The van der Waals surface area contributed by atoms with Crippen molar-refractivity contribution in [1.82, 2.24) is 0 Å². The summed E-state index contributed by atoms with van der Waals surface area (Å²) < 4.78 is 0. The second-order valence-corrected chi connectivity index (χ2v) is 1.80. The Kier molecular flexibility index (Phi) is 68.6.